The van der Waals surface area contributed by atoms with Crippen LogP contribution < -0.4 is 10.6 Å². The molecule has 0 bridgehead atoms. The Morgan fingerprint density at radius 2 is 1.25 bits per heavy atom. The molecule has 8 heteroatoms. The molecule has 2 amide bonds. The van der Waals surface area contributed by atoms with E-state index in [1.165, 1.54) is 0 Å². The number of hydrogen-bond donors (Lipinski definition) is 2. The minimum Gasteiger partial charge on any atom is -0.351 e. The van der Waals surface area contributed by atoms with E-state index in [0.29, 0.717) is 11.4 Å². The number of aromatic nitrogens is 2. The molecule has 0 unspecified atom stereocenters. The van der Waals surface area contributed by atoms with E-state index in [1.807, 2.05) is 0 Å². The topological polar surface area (TPSA) is 110 Å². The van der Waals surface area contributed by atoms with E-state index in [1.54, 1.807) is 26.0 Å². The van der Waals surface area contributed by atoms with Crippen molar-refractivity contribution in [2.45, 2.75) is 51.6 Å². The predicted octanol–water partition coefficient (Wildman–Crippen LogP) is 1.75. The fourth-order valence-electron chi connectivity index (χ4n) is 2.84. The molecule has 3 rings (SSSR count). The van der Waals surface area contributed by atoms with Crippen molar-refractivity contribution in [1.82, 2.24) is 20.9 Å². The summed E-state index contributed by atoms with van der Waals surface area (Å²) in [7, 11) is 0. The molecule has 8 nitrogen and oxygen atoms in total. The van der Waals surface area contributed by atoms with Crippen LogP contribution in [-0.2, 0) is 0 Å². The minimum absolute atomic E-state index is 0.0728. The van der Waals surface area contributed by atoms with Crippen LogP contribution in [0, 0.1) is 13.8 Å². The van der Waals surface area contributed by atoms with Crippen molar-refractivity contribution in [2.24, 2.45) is 0 Å². The van der Waals surface area contributed by atoms with Crippen molar-refractivity contribution in [3.05, 3.63) is 35.0 Å². The first-order valence-electron chi connectivity index (χ1n) is 7.99. The summed E-state index contributed by atoms with van der Waals surface area (Å²) in [6.07, 6.45) is 3.16. The van der Waals surface area contributed by atoms with Crippen LogP contribution in [0.25, 0.3) is 0 Å². The molecule has 2 aromatic heterocycles. The maximum Gasteiger partial charge on any atom is 0.290 e. The van der Waals surface area contributed by atoms with Crippen molar-refractivity contribution < 1.29 is 18.6 Å². The standard InChI is InChI=1S/C16H20N4O4/c1-9-7-13(23-19-9)15(21)17-11-3-5-12(6-4-11)18-16(22)14-8-10(2)20-24-14/h7-8,11-12H,3-6H2,1-2H3,(H,17,21)(H,18,22). The fraction of sp³-hybridized carbons (Fsp3) is 0.500. The van der Waals surface area contributed by atoms with E-state index in [-0.39, 0.29) is 35.4 Å². The lowest BCUT2D eigenvalue weighted by Crippen LogP contribution is -2.43. The molecule has 1 aliphatic carbocycles. The van der Waals surface area contributed by atoms with Crippen molar-refractivity contribution in [1.29, 1.82) is 0 Å². The van der Waals surface area contributed by atoms with Crippen LogP contribution in [0.5, 0.6) is 0 Å². The molecule has 2 aromatic rings. The fourth-order valence-corrected chi connectivity index (χ4v) is 2.84. The van der Waals surface area contributed by atoms with Crippen LogP contribution in [0.15, 0.2) is 21.2 Å². The number of aryl methyl sites for hydroxylation is 2. The smallest absolute Gasteiger partial charge is 0.290 e. The van der Waals surface area contributed by atoms with Gasteiger partial charge in [-0.25, -0.2) is 0 Å². The Labute approximate surface area is 138 Å². The third-order valence-corrected chi connectivity index (χ3v) is 4.10. The van der Waals surface area contributed by atoms with Gasteiger partial charge in [-0.1, -0.05) is 10.3 Å². The summed E-state index contributed by atoms with van der Waals surface area (Å²) in [5.74, 6) is -0.0485. The first kappa shape index (κ1) is 16.2. The van der Waals surface area contributed by atoms with Gasteiger partial charge in [0.2, 0.25) is 11.5 Å². The van der Waals surface area contributed by atoms with Crippen LogP contribution in [0.3, 0.4) is 0 Å². The predicted molar refractivity (Wildman–Crippen MR) is 83.5 cm³/mol. The Bertz CT molecular complexity index is 666. The van der Waals surface area contributed by atoms with Gasteiger partial charge < -0.3 is 19.7 Å². The summed E-state index contributed by atoms with van der Waals surface area (Å²) >= 11 is 0. The molecule has 0 aliphatic heterocycles. The molecule has 0 aromatic carbocycles. The summed E-state index contributed by atoms with van der Waals surface area (Å²) in [6, 6.07) is 3.37. The normalized spacial score (nSPS) is 20.6. The second-order valence-corrected chi connectivity index (χ2v) is 6.16. The number of carbonyl (C=O) groups is 2. The molecule has 0 atom stereocenters. The van der Waals surface area contributed by atoms with Gasteiger partial charge in [0.15, 0.2) is 0 Å². The lowest BCUT2D eigenvalue weighted by molar-refractivity contribution is 0.0855. The molecule has 0 spiro atoms. The van der Waals surface area contributed by atoms with E-state index < -0.39 is 0 Å². The van der Waals surface area contributed by atoms with Gasteiger partial charge in [-0.05, 0) is 39.5 Å². The minimum atomic E-state index is -0.250. The zero-order valence-electron chi connectivity index (χ0n) is 13.7. The van der Waals surface area contributed by atoms with Crippen molar-refractivity contribution in [3.63, 3.8) is 0 Å². The summed E-state index contributed by atoms with van der Waals surface area (Å²) in [5, 5.41) is 13.3. The quantitative estimate of drug-likeness (QED) is 0.882. The van der Waals surface area contributed by atoms with Gasteiger partial charge in [0, 0.05) is 24.2 Å². The first-order chi connectivity index (χ1) is 11.5. The van der Waals surface area contributed by atoms with E-state index in [9.17, 15) is 9.59 Å². The number of carbonyl (C=O) groups excluding carboxylic acids is 2. The number of nitrogens with one attached hydrogen (secondary N) is 2. The van der Waals surface area contributed by atoms with E-state index in [2.05, 4.69) is 20.9 Å². The van der Waals surface area contributed by atoms with Gasteiger partial charge in [-0.3, -0.25) is 9.59 Å². The second kappa shape index (κ2) is 6.86. The Morgan fingerprint density at radius 3 is 1.54 bits per heavy atom. The molecule has 1 fully saturated rings. The highest BCUT2D eigenvalue weighted by atomic mass is 16.5. The molecule has 1 aliphatic rings. The summed E-state index contributed by atoms with van der Waals surface area (Å²) in [4.78, 5) is 24.1. The monoisotopic (exact) mass is 332 g/mol. The van der Waals surface area contributed by atoms with Gasteiger partial charge in [0.1, 0.15) is 0 Å². The highest BCUT2D eigenvalue weighted by Gasteiger charge is 2.26. The first-order valence-corrected chi connectivity index (χ1v) is 7.99. The van der Waals surface area contributed by atoms with Gasteiger partial charge in [0.05, 0.1) is 11.4 Å². The van der Waals surface area contributed by atoms with E-state index >= 15 is 0 Å². The maximum atomic E-state index is 12.0. The Morgan fingerprint density at radius 1 is 0.875 bits per heavy atom. The van der Waals surface area contributed by atoms with E-state index in [4.69, 9.17) is 9.05 Å². The lowest BCUT2D eigenvalue weighted by atomic mass is 9.91. The molecule has 2 N–H and O–H groups in total. The second-order valence-electron chi connectivity index (χ2n) is 6.16. The van der Waals surface area contributed by atoms with Crippen LogP contribution >= 0.6 is 0 Å². The molecular weight excluding hydrogens is 312 g/mol. The molecule has 0 radical (unpaired) electrons. The summed E-state index contributed by atoms with van der Waals surface area (Å²) < 4.78 is 9.91. The molecular formula is C16H20N4O4. The molecule has 128 valence electrons. The summed E-state index contributed by atoms with van der Waals surface area (Å²) in [6.45, 7) is 3.54. The van der Waals surface area contributed by atoms with Gasteiger partial charge in [-0.15, -0.1) is 0 Å². The highest BCUT2D eigenvalue weighted by molar-refractivity contribution is 5.92. The van der Waals surface area contributed by atoms with Crippen LogP contribution in [0.2, 0.25) is 0 Å². The Kier molecular flexibility index (Phi) is 4.64. The Balaban J connectivity index is 1.45. The third kappa shape index (κ3) is 3.81. The molecule has 2 heterocycles. The SMILES string of the molecule is Cc1cc(C(=O)NC2CCC(NC(=O)c3cc(C)no3)CC2)on1. The zero-order valence-corrected chi connectivity index (χ0v) is 13.7. The van der Waals surface area contributed by atoms with Gasteiger partial charge in [-0.2, -0.15) is 0 Å². The largest absolute Gasteiger partial charge is 0.351 e. The zero-order chi connectivity index (χ0) is 17.1. The molecule has 24 heavy (non-hydrogen) atoms. The summed E-state index contributed by atoms with van der Waals surface area (Å²) in [5.41, 5.74) is 1.35. The average Bonchev–Trinajstić information content (AvgIpc) is 3.18. The van der Waals surface area contributed by atoms with E-state index in [0.717, 1.165) is 25.7 Å². The number of nitrogens with zero attached hydrogens (tertiary/aromatic N) is 2. The van der Waals surface area contributed by atoms with Crippen LogP contribution in [0.1, 0.15) is 58.2 Å². The Hall–Kier alpha value is -2.64. The number of rotatable bonds is 4. The molecule has 0 saturated heterocycles. The van der Waals surface area contributed by atoms with Crippen molar-refractivity contribution in [2.75, 3.05) is 0 Å². The van der Waals surface area contributed by atoms with Crippen LogP contribution in [-0.4, -0.2) is 34.2 Å². The highest BCUT2D eigenvalue weighted by Crippen LogP contribution is 2.20. The number of amides is 2. The third-order valence-electron chi connectivity index (χ3n) is 4.10. The average molecular weight is 332 g/mol. The van der Waals surface area contributed by atoms with Crippen molar-refractivity contribution in [3.8, 4) is 0 Å². The maximum absolute atomic E-state index is 12.0. The van der Waals surface area contributed by atoms with Crippen LogP contribution in [0.4, 0.5) is 0 Å². The lowest BCUT2D eigenvalue weighted by Gasteiger charge is -2.29. The molecule has 1 saturated carbocycles. The van der Waals surface area contributed by atoms with Crippen molar-refractivity contribution >= 4 is 11.8 Å². The van der Waals surface area contributed by atoms with Gasteiger partial charge in [0.25, 0.3) is 11.8 Å². The van der Waals surface area contributed by atoms with Gasteiger partial charge >= 0.3 is 0 Å². The number of hydrogen-bond acceptors (Lipinski definition) is 6.